The molecule has 0 aliphatic carbocycles. The number of carbonyl (C=O) groups is 1. The summed E-state index contributed by atoms with van der Waals surface area (Å²) in [5, 5.41) is 13.5. The van der Waals surface area contributed by atoms with Crippen molar-refractivity contribution < 1.29 is 9.90 Å². The lowest BCUT2D eigenvalue weighted by Gasteiger charge is -2.34. The fraction of sp³-hybridized carbons (Fsp3) is 0.417. The first-order valence-corrected chi connectivity index (χ1v) is 6.47. The number of hydrogen-bond donors (Lipinski definition) is 2. The van der Waals surface area contributed by atoms with Gasteiger partial charge in [0.15, 0.2) is 0 Å². The minimum absolute atomic E-state index is 0. The molecule has 106 valence electrons. The van der Waals surface area contributed by atoms with Crippen molar-refractivity contribution in [2.75, 3.05) is 19.6 Å². The third-order valence-corrected chi connectivity index (χ3v) is 3.43. The summed E-state index contributed by atoms with van der Waals surface area (Å²) in [5.74, 6) is 0. The van der Waals surface area contributed by atoms with Crippen LogP contribution in [0.15, 0.2) is 18.2 Å². The van der Waals surface area contributed by atoms with Crippen molar-refractivity contribution in [3.05, 3.63) is 33.8 Å². The van der Waals surface area contributed by atoms with Gasteiger partial charge in [0.05, 0.1) is 6.04 Å². The maximum atomic E-state index is 11.1. The lowest BCUT2D eigenvalue weighted by molar-refractivity contribution is 0.112. The van der Waals surface area contributed by atoms with E-state index in [2.05, 4.69) is 5.32 Å². The van der Waals surface area contributed by atoms with E-state index in [9.17, 15) is 4.79 Å². The third kappa shape index (κ3) is 4.42. The van der Waals surface area contributed by atoms with Crippen molar-refractivity contribution in [3.63, 3.8) is 0 Å². The molecule has 1 aliphatic heterocycles. The van der Waals surface area contributed by atoms with E-state index in [0.29, 0.717) is 36.1 Å². The second-order valence-electron chi connectivity index (χ2n) is 4.32. The van der Waals surface area contributed by atoms with Crippen LogP contribution in [0.3, 0.4) is 0 Å². The van der Waals surface area contributed by atoms with Gasteiger partial charge in [-0.25, -0.2) is 4.79 Å². The van der Waals surface area contributed by atoms with Crippen LogP contribution in [0.2, 0.25) is 10.0 Å². The summed E-state index contributed by atoms with van der Waals surface area (Å²) in [6.45, 7) is 1.85. The predicted octanol–water partition coefficient (Wildman–Crippen LogP) is 2.91. The molecular formula is C12H15Cl3N2O2. The molecule has 0 spiro atoms. The number of halogens is 3. The van der Waals surface area contributed by atoms with Crippen molar-refractivity contribution in [1.82, 2.24) is 10.2 Å². The highest BCUT2D eigenvalue weighted by atomic mass is 35.5. The smallest absolute Gasteiger partial charge is 0.407 e. The first kappa shape index (κ1) is 16.4. The topological polar surface area (TPSA) is 52.6 Å². The fourth-order valence-corrected chi connectivity index (χ4v) is 2.77. The van der Waals surface area contributed by atoms with Gasteiger partial charge in [-0.2, -0.15) is 0 Å². The molecule has 2 rings (SSSR count). The molecule has 1 heterocycles. The summed E-state index contributed by atoms with van der Waals surface area (Å²) >= 11 is 11.9. The van der Waals surface area contributed by atoms with Crippen LogP contribution in [-0.2, 0) is 6.42 Å². The zero-order valence-electron chi connectivity index (χ0n) is 10.1. The molecule has 1 saturated heterocycles. The molecule has 4 nitrogen and oxygen atoms in total. The molecule has 1 atom stereocenters. The Labute approximate surface area is 128 Å². The van der Waals surface area contributed by atoms with E-state index in [4.69, 9.17) is 28.3 Å². The van der Waals surface area contributed by atoms with Crippen LogP contribution in [0.25, 0.3) is 0 Å². The lowest BCUT2D eigenvalue weighted by Crippen LogP contribution is -2.54. The van der Waals surface area contributed by atoms with Crippen molar-refractivity contribution in [2.24, 2.45) is 0 Å². The second kappa shape index (κ2) is 7.20. The number of piperazine rings is 1. The van der Waals surface area contributed by atoms with Crippen molar-refractivity contribution in [2.45, 2.75) is 12.5 Å². The highest BCUT2D eigenvalue weighted by Crippen LogP contribution is 2.21. The molecule has 1 aromatic carbocycles. The summed E-state index contributed by atoms with van der Waals surface area (Å²) in [7, 11) is 0. The second-order valence-corrected chi connectivity index (χ2v) is 5.19. The van der Waals surface area contributed by atoms with E-state index in [1.165, 1.54) is 4.90 Å². The maximum Gasteiger partial charge on any atom is 0.407 e. The van der Waals surface area contributed by atoms with Crippen LogP contribution in [0.5, 0.6) is 0 Å². The molecule has 1 fully saturated rings. The summed E-state index contributed by atoms with van der Waals surface area (Å²) in [6.07, 6.45) is -0.269. The van der Waals surface area contributed by atoms with Gasteiger partial charge in [-0.3, -0.25) is 0 Å². The van der Waals surface area contributed by atoms with Gasteiger partial charge in [0.25, 0.3) is 0 Å². The number of nitrogens with zero attached hydrogens (tertiary/aromatic N) is 1. The number of benzene rings is 1. The van der Waals surface area contributed by atoms with E-state index >= 15 is 0 Å². The molecule has 2 N–H and O–H groups in total. The normalized spacial score (nSPS) is 18.8. The first-order valence-electron chi connectivity index (χ1n) is 5.71. The van der Waals surface area contributed by atoms with E-state index in [-0.39, 0.29) is 18.4 Å². The van der Waals surface area contributed by atoms with E-state index in [1.807, 2.05) is 12.1 Å². The Morgan fingerprint density at radius 3 is 2.58 bits per heavy atom. The Morgan fingerprint density at radius 1 is 1.37 bits per heavy atom. The minimum atomic E-state index is -0.880. The van der Waals surface area contributed by atoms with Crippen LogP contribution < -0.4 is 5.32 Å². The molecule has 0 bridgehead atoms. The van der Waals surface area contributed by atoms with E-state index < -0.39 is 6.09 Å². The standard InChI is InChI=1S/C12H14Cl2N2O2.ClH/c13-9-3-8(4-10(14)6-9)5-11-7-15-1-2-16(11)12(17)18;/h3-4,6,11,15H,1-2,5,7H2,(H,17,18);1H. The number of amides is 1. The third-order valence-electron chi connectivity index (χ3n) is 2.99. The zero-order chi connectivity index (χ0) is 13.1. The Bertz CT molecular complexity index is 436. The Kier molecular flexibility index (Phi) is 6.20. The summed E-state index contributed by atoms with van der Waals surface area (Å²) < 4.78 is 0. The van der Waals surface area contributed by atoms with Crippen molar-refractivity contribution in [1.29, 1.82) is 0 Å². The SMILES string of the molecule is Cl.O=C(O)N1CCNCC1Cc1cc(Cl)cc(Cl)c1. The summed E-state index contributed by atoms with van der Waals surface area (Å²) in [6, 6.07) is 5.23. The van der Waals surface area contributed by atoms with Gasteiger partial charge in [-0.1, -0.05) is 23.2 Å². The summed E-state index contributed by atoms with van der Waals surface area (Å²) in [4.78, 5) is 12.6. The van der Waals surface area contributed by atoms with Gasteiger partial charge < -0.3 is 15.3 Å². The monoisotopic (exact) mass is 324 g/mol. The van der Waals surface area contributed by atoms with Crippen LogP contribution >= 0.6 is 35.6 Å². The zero-order valence-corrected chi connectivity index (χ0v) is 12.4. The highest BCUT2D eigenvalue weighted by Gasteiger charge is 2.26. The van der Waals surface area contributed by atoms with Crippen molar-refractivity contribution in [3.8, 4) is 0 Å². The molecule has 0 radical (unpaired) electrons. The first-order chi connectivity index (χ1) is 8.56. The molecule has 0 saturated carbocycles. The molecular weight excluding hydrogens is 311 g/mol. The van der Waals surface area contributed by atoms with Crippen molar-refractivity contribution >= 4 is 41.7 Å². The number of hydrogen-bond acceptors (Lipinski definition) is 2. The molecule has 1 amide bonds. The minimum Gasteiger partial charge on any atom is -0.465 e. The molecule has 1 aliphatic rings. The Hall–Kier alpha value is -0.680. The van der Waals surface area contributed by atoms with Crippen LogP contribution in [0, 0.1) is 0 Å². The maximum absolute atomic E-state index is 11.1. The molecule has 1 aromatic rings. The van der Waals surface area contributed by atoms with Gasteiger partial charge in [0, 0.05) is 29.7 Å². The lowest BCUT2D eigenvalue weighted by atomic mass is 10.0. The van der Waals surface area contributed by atoms with Gasteiger partial charge in [-0.15, -0.1) is 12.4 Å². The number of rotatable bonds is 2. The van der Waals surface area contributed by atoms with E-state index in [0.717, 1.165) is 5.56 Å². The van der Waals surface area contributed by atoms with Crippen LogP contribution in [0.4, 0.5) is 4.79 Å². The highest BCUT2D eigenvalue weighted by molar-refractivity contribution is 6.34. The Morgan fingerprint density at radius 2 is 2.00 bits per heavy atom. The quantitative estimate of drug-likeness (QED) is 0.879. The average molecular weight is 326 g/mol. The van der Waals surface area contributed by atoms with Gasteiger partial charge >= 0.3 is 6.09 Å². The van der Waals surface area contributed by atoms with E-state index in [1.54, 1.807) is 6.07 Å². The Balaban J connectivity index is 0.00000180. The molecule has 1 unspecified atom stereocenters. The fourth-order valence-electron chi connectivity index (χ4n) is 2.20. The largest absolute Gasteiger partial charge is 0.465 e. The summed E-state index contributed by atoms with van der Waals surface area (Å²) in [5.41, 5.74) is 0.951. The molecule has 7 heteroatoms. The molecule has 0 aromatic heterocycles. The van der Waals surface area contributed by atoms with Gasteiger partial charge in [-0.05, 0) is 30.2 Å². The van der Waals surface area contributed by atoms with Gasteiger partial charge in [0.2, 0.25) is 0 Å². The van der Waals surface area contributed by atoms with Crippen LogP contribution in [0.1, 0.15) is 5.56 Å². The number of nitrogens with one attached hydrogen (secondary N) is 1. The molecule has 19 heavy (non-hydrogen) atoms. The van der Waals surface area contributed by atoms with Gasteiger partial charge in [0.1, 0.15) is 0 Å². The predicted molar refractivity (Wildman–Crippen MR) is 78.8 cm³/mol. The van der Waals surface area contributed by atoms with Crippen LogP contribution in [-0.4, -0.2) is 41.8 Å². The average Bonchev–Trinajstić information content (AvgIpc) is 2.27. The number of carboxylic acid groups (broad SMARTS) is 1.